The van der Waals surface area contributed by atoms with Gasteiger partial charge >= 0.3 is 0 Å². The average molecular weight is 477 g/mol. The molecular weight excluding hydrogens is 451 g/mol. The molecule has 4 aromatic heterocycles. The highest BCUT2D eigenvalue weighted by molar-refractivity contribution is 6.01. The Balaban J connectivity index is 1.45. The van der Waals surface area contributed by atoms with Crippen LogP contribution in [0, 0.1) is 12.7 Å². The van der Waals surface area contributed by atoms with Gasteiger partial charge in [-0.05, 0) is 79.7 Å². The van der Waals surface area contributed by atoms with E-state index in [4.69, 9.17) is 0 Å². The Bertz CT molecular complexity index is 1710. The Hall–Kier alpha value is -4.36. The molecule has 7 heteroatoms. The Morgan fingerprint density at radius 1 is 0.889 bits per heavy atom. The van der Waals surface area contributed by atoms with E-state index in [1.54, 1.807) is 12.1 Å². The van der Waals surface area contributed by atoms with Gasteiger partial charge in [-0.3, -0.25) is 15.1 Å². The van der Waals surface area contributed by atoms with E-state index >= 15 is 0 Å². The highest BCUT2D eigenvalue weighted by Crippen LogP contribution is 2.35. The molecule has 0 saturated heterocycles. The highest BCUT2D eigenvalue weighted by Gasteiger charge is 2.15. The van der Waals surface area contributed by atoms with Crippen molar-refractivity contribution in [2.75, 3.05) is 14.1 Å². The molecule has 36 heavy (non-hydrogen) atoms. The predicted molar refractivity (Wildman–Crippen MR) is 142 cm³/mol. The Kier molecular flexibility index (Phi) is 5.34. The number of H-pyrrole nitrogens is 2. The first-order valence-electron chi connectivity index (χ1n) is 11.8. The van der Waals surface area contributed by atoms with Gasteiger partial charge in [0, 0.05) is 40.8 Å². The summed E-state index contributed by atoms with van der Waals surface area (Å²) < 4.78 is 14.1. The van der Waals surface area contributed by atoms with Crippen molar-refractivity contribution in [3.05, 3.63) is 90.1 Å². The number of nitrogens with one attached hydrogen (secondary N) is 2. The first kappa shape index (κ1) is 22.1. The van der Waals surface area contributed by atoms with Gasteiger partial charge in [0.25, 0.3) is 0 Å². The van der Waals surface area contributed by atoms with Crippen LogP contribution in [-0.4, -0.2) is 44.1 Å². The highest BCUT2D eigenvalue weighted by atomic mass is 19.1. The summed E-state index contributed by atoms with van der Waals surface area (Å²) in [6.07, 6.45) is 5.53. The molecule has 6 rings (SSSR count). The number of rotatable bonds is 5. The number of hydrogen-bond acceptors (Lipinski definition) is 4. The molecular formula is C29H25FN6. The molecule has 4 heterocycles. The van der Waals surface area contributed by atoms with Crippen molar-refractivity contribution in [1.29, 1.82) is 0 Å². The molecule has 2 aromatic carbocycles. The van der Waals surface area contributed by atoms with E-state index < -0.39 is 0 Å². The van der Waals surface area contributed by atoms with Crippen LogP contribution in [0.5, 0.6) is 0 Å². The lowest BCUT2D eigenvalue weighted by atomic mass is 9.99. The molecule has 178 valence electrons. The summed E-state index contributed by atoms with van der Waals surface area (Å²) in [6.45, 7) is 2.71. The van der Waals surface area contributed by atoms with Gasteiger partial charge < -0.3 is 9.88 Å². The van der Waals surface area contributed by atoms with Gasteiger partial charge in [-0.15, -0.1) is 0 Å². The smallest absolute Gasteiger partial charge is 0.124 e. The van der Waals surface area contributed by atoms with E-state index in [1.807, 2.05) is 69.9 Å². The maximum atomic E-state index is 14.1. The van der Waals surface area contributed by atoms with Crippen molar-refractivity contribution in [3.8, 4) is 33.8 Å². The molecule has 0 aliphatic heterocycles. The number of fused-ring (bicyclic) bond motifs is 2. The molecule has 0 amide bonds. The van der Waals surface area contributed by atoms with Gasteiger partial charge in [-0.2, -0.15) is 5.10 Å². The molecule has 6 aromatic rings. The Labute approximate surface area is 207 Å². The molecule has 0 spiro atoms. The lowest BCUT2D eigenvalue weighted by Gasteiger charge is -2.10. The molecule has 0 atom stereocenters. The van der Waals surface area contributed by atoms with E-state index in [-0.39, 0.29) is 5.82 Å². The number of pyridine rings is 2. The summed E-state index contributed by atoms with van der Waals surface area (Å²) >= 11 is 0. The number of aromatic amines is 2. The van der Waals surface area contributed by atoms with Crippen LogP contribution in [0.1, 0.15) is 11.1 Å². The van der Waals surface area contributed by atoms with Gasteiger partial charge in [-0.1, -0.05) is 18.2 Å². The number of nitrogens with zero attached hydrogens (tertiary/aromatic N) is 4. The average Bonchev–Trinajstić information content (AvgIpc) is 3.46. The van der Waals surface area contributed by atoms with E-state index in [2.05, 4.69) is 42.2 Å². The van der Waals surface area contributed by atoms with Gasteiger partial charge in [0.1, 0.15) is 11.5 Å². The zero-order valence-corrected chi connectivity index (χ0v) is 20.3. The quantitative estimate of drug-likeness (QED) is 0.304. The van der Waals surface area contributed by atoms with Gasteiger partial charge in [-0.25, -0.2) is 4.39 Å². The third-order valence-corrected chi connectivity index (χ3v) is 6.31. The van der Waals surface area contributed by atoms with Crippen molar-refractivity contribution in [2.24, 2.45) is 0 Å². The summed E-state index contributed by atoms with van der Waals surface area (Å²) in [7, 11) is 4.08. The number of hydrogen-bond donors (Lipinski definition) is 2. The Morgan fingerprint density at radius 3 is 2.61 bits per heavy atom. The van der Waals surface area contributed by atoms with Gasteiger partial charge in [0.05, 0.1) is 23.1 Å². The number of aryl methyl sites for hydroxylation is 1. The lowest BCUT2D eigenvalue weighted by Crippen LogP contribution is -2.10. The van der Waals surface area contributed by atoms with Crippen LogP contribution in [0.25, 0.3) is 55.6 Å². The molecule has 0 aliphatic carbocycles. The summed E-state index contributed by atoms with van der Waals surface area (Å²) in [4.78, 5) is 14.7. The van der Waals surface area contributed by atoms with Crippen molar-refractivity contribution in [1.82, 2.24) is 30.0 Å². The molecule has 2 N–H and O–H groups in total. The molecule has 0 bridgehead atoms. The summed E-state index contributed by atoms with van der Waals surface area (Å²) in [5.41, 5.74) is 9.16. The monoisotopic (exact) mass is 476 g/mol. The largest absolute Gasteiger partial charge is 0.353 e. The second-order valence-electron chi connectivity index (χ2n) is 9.47. The first-order valence-corrected chi connectivity index (χ1v) is 11.8. The minimum absolute atomic E-state index is 0.236. The van der Waals surface area contributed by atoms with Crippen LogP contribution < -0.4 is 0 Å². The maximum Gasteiger partial charge on any atom is 0.124 e. The standard InChI is InChI=1S/C29H25FN6/c1-17-7-19(10-21(30)8-17)22-5-4-6-25-23(22)11-27(33-25)29-24-12-26(32-15-28(24)34-35-29)20-9-18(13-31-14-20)16-36(2)3/h4-15,33H,16H2,1-3H3,(H,34,35). The van der Waals surface area contributed by atoms with Crippen LogP contribution in [-0.2, 0) is 6.54 Å². The minimum Gasteiger partial charge on any atom is -0.353 e. The molecule has 0 fully saturated rings. The van der Waals surface area contributed by atoms with E-state index in [0.717, 1.165) is 73.2 Å². The molecule has 0 aliphatic rings. The van der Waals surface area contributed by atoms with Crippen molar-refractivity contribution in [3.63, 3.8) is 0 Å². The second kappa shape index (κ2) is 8.70. The fraction of sp³-hybridized carbons (Fsp3) is 0.138. The summed E-state index contributed by atoms with van der Waals surface area (Å²) in [5.74, 6) is -0.236. The zero-order chi connectivity index (χ0) is 24.8. The molecule has 0 unspecified atom stereocenters. The van der Waals surface area contributed by atoms with Gasteiger partial charge in [0.2, 0.25) is 0 Å². The number of benzene rings is 2. The van der Waals surface area contributed by atoms with Crippen LogP contribution >= 0.6 is 0 Å². The van der Waals surface area contributed by atoms with Crippen LogP contribution in [0.3, 0.4) is 0 Å². The van der Waals surface area contributed by atoms with Crippen LogP contribution in [0.2, 0.25) is 0 Å². The van der Waals surface area contributed by atoms with Gasteiger partial charge in [0.15, 0.2) is 0 Å². The topological polar surface area (TPSA) is 73.5 Å². The van der Waals surface area contributed by atoms with Crippen LogP contribution in [0.15, 0.2) is 73.2 Å². The van der Waals surface area contributed by atoms with E-state index in [9.17, 15) is 4.39 Å². The SMILES string of the molecule is Cc1cc(F)cc(-c2cccc3[nH]c(-c4n[nH]c5cnc(-c6cncc(CN(C)C)c6)cc45)cc23)c1. The van der Waals surface area contributed by atoms with Crippen molar-refractivity contribution in [2.45, 2.75) is 13.5 Å². The molecule has 6 nitrogen and oxygen atoms in total. The number of aromatic nitrogens is 5. The maximum absolute atomic E-state index is 14.1. The Morgan fingerprint density at radius 2 is 1.78 bits per heavy atom. The normalized spacial score (nSPS) is 11.7. The fourth-order valence-corrected chi connectivity index (χ4v) is 4.79. The third kappa shape index (κ3) is 4.03. The lowest BCUT2D eigenvalue weighted by molar-refractivity contribution is 0.402. The van der Waals surface area contributed by atoms with E-state index in [0.29, 0.717) is 0 Å². The van der Waals surface area contributed by atoms with Crippen molar-refractivity contribution >= 4 is 21.8 Å². The number of halogens is 1. The summed E-state index contributed by atoms with van der Waals surface area (Å²) in [6, 6.07) is 17.4. The second-order valence-corrected chi connectivity index (χ2v) is 9.47. The first-order chi connectivity index (χ1) is 17.4. The van der Waals surface area contributed by atoms with Crippen molar-refractivity contribution < 1.29 is 4.39 Å². The molecule has 0 radical (unpaired) electrons. The third-order valence-electron chi connectivity index (χ3n) is 6.31. The zero-order valence-electron chi connectivity index (χ0n) is 20.3. The molecule has 0 saturated carbocycles. The predicted octanol–water partition coefficient (Wildman–Crippen LogP) is 6.34. The fourth-order valence-electron chi connectivity index (χ4n) is 4.79. The van der Waals surface area contributed by atoms with Crippen LogP contribution in [0.4, 0.5) is 4.39 Å². The van der Waals surface area contributed by atoms with E-state index in [1.165, 1.54) is 0 Å². The summed E-state index contributed by atoms with van der Waals surface area (Å²) in [5, 5.41) is 9.69. The minimum atomic E-state index is -0.236.